The van der Waals surface area contributed by atoms with Crippen molar-refractivity contribution < 1.29 is 14.4 Å². The summed E-state index contributed by atoms with van der Waals surface area (Å²) in [5, 5.41) is 12.4. The first-order valence-corrected chi connectivity index (χ1v) is 8.58. The Morgan fingerprint density at radius 1 is 1.25 bits per heavy atom. The lowest BCUT2D eigenvalue weighted by Gasteiger charge is -2.32. The van der Waals surface area contributed by atoms with Crippen LogP contribution in [0.4, 0.5) is 5.95 Å². The molecule has 1 unspecified atom stereocenters. The molecular weight excluding hydrogens is 307 g/mol. The molecule has 0 radical (unpaired) electrons. The van der Waals surface area contributed by atoms with Crippen molar-refractivity contribution in [1.82, 2.24) is 14.9 Å². The molecule has 1 aromatic heterocycles. The van der Waals surface area contributed by atoms with Gasteiger partial charge in [-0.3, -0.25) is 4.90 Å². The molecule has 8 heteroatoms. The van der Waals surface area contributed by atoms with E-state index in [1.807, 2.05) is 27.7 Å². The van der Waals surface area contributed by atoms with Gasteiger partial charge in [0.15, 0.2) is 0 Å². The Morgan fingerprint density at radius 3 is 2.46 bits per heavy atom. The number of hydrogen-bond donors (Lipinski definition) is 2. The summed E-state index contributed by atoms with van der Waals surface area (Å²) in [6, 6.07) is 0.319. The zero-order valence-corrected chi connectivity index (χ0v) is 15.0. The summed E-state index contributed by atoms with van der Waals surface area (Å²) < 4.78 is 12.0. The normalized spacial score (nSPS) is 26.0. The molecule has 2 aliphatic rings. The van der Waals surface area contributed by atoms with Crippen molar-refractivity contribution >= 4 is 18.5 Å². The van der Waals surface area contributed by atoms with Crippen LogP contribution in [-0.2, 0) is 9.31 Å². The zero-order valence-electron chi connectivity index (χ0n) is 15.0. The van der Waals surface area contributed by atoms with E-state index in [1.54, 1.807) is 12.4 Å². The Hall–Kier alpha value is -1.22. The van der Waals surface area contributed by atoms with Gasteiger partial charge >= 0.3 is 7.12 Å². The molecule has 2 fully saturated rings. The first kappa shape index (κ1) is 17.6. The summed E-state index contributed by atoms with van der Waals surface area (Å²) in [4.78, 5) is 11.0. The first-order valence-electron chi connectivity index (χ1n) is 8.58. The van der Waals surface area contributed by atoms with Gasteiger partial charge in [0.1, 0.15) is 0 Å². The number of β-amino-alcohol motifs (C(OH)–C–C–N with tert-alkyl or cyclic N) is 1. The summed E-state index contributed by atoms with van der Waals surface area (Å²) in [6.45, 7) is 10.9. The van der Waals surface area contributed by atoms with Gasteiger partial charge in [-0.2, -0.15) is 0 Å². The molecule has 0 amide bonds. The van der Waals surface area contributed by atoms with Crippen LogP contribution in [0.25, 0.3) is 0 Å². The van der Waals surface area contributed by atoms with Gasteiger partial charge in [-0.15, -0.1) is 0 Å². The van der Waals surface area contributed by atoms with Crippen LogP contribution in [0, 0.1) is 0 Å². The molecule has 2 saturated heterocycles. The minimum Gasteiger partial charge on any atom is -0.399 e. The molecule has 24 heavy (non-hydrogen) atoms. The molecule has 2 N–H and O–H groups in total. The fraction of sp³-hybridized carbons (Fsp3) is 0.750. The van der Waals surface area contributed by atoms with Crippen LogP contribution in [0.1, 0.15) is 34.1 Å². The third kappa shape index (κ3) is 3.56. The highest BCUT2D eigenvalue weighted by molar-refractivity contribution is 6.61. The Bertz CT molecular complexity index is 551. The third-order valence-electron chi connectivity index (χ3n) is 5.22. The molecular formula is C16H27BN4O3. The van der Waals surface area contributed by atoms with Crippen LogP contribution in [-0.4, -0.2) is 70.6 Å². The van der Waals surface area contributed by atoms with E-state index in [2.05, 4.69) is 20.2 Å². The maximum Gasteiger partial charge on any atom is 0.498 e. The Kier molecular flexibility index (Phi) is 4.83. The highest BCUT2D eigenvalue weighted by Gasteiger charge is 2.51. The number of aromatic nitrogens is 2. The van der Waals surface area contributed by atoms with E-state index in [4.69, 9.17) is 14.4 Å². The topological polar surface area (TPSA) is 79.7 Å². The Labute approximate surface area is 143 Å². The monoisotopic (exact) mass is 334 g/mol. The van der Waals surface area contributed by atoms with E-state index in [1.165, 1.54) is 0 Å². The van der Waals surface area contributed by atoms with Gasteiger partial charge < -0.3 is 19.7 Å². The maximum absolute atomic E-state index is 9.00. The van der Waals surface area contributed by atoms with Crippen molar-refractivity contribution in [3.63, 3.8) is 0 Å². The number of likely N-dealkylation sites (tertiary alicyclic amines) is 1. The lowest BCUT2D eigenvalue weighted by Crippen LogP contribution is -2.41. The summed E-state index contributed by atoms with van der Waals surface area (Å²) in [5.41, 5.74) is 0.0935. The maximum atomic E-state index is 9.00. The molecule has 1 aromatic rings. The second-order valence-corrected chi connectivity index (χ2v) is 7.58. The molecule has 1 atom stereocenters. The van der Waals surface area contributed by atoms with Gasteiger partial charge in [-0.1, -0.05) is 0 Å². The van der Waals surface area contributed by atoms with Gasteiger partial charge in [0.25, 0.3) is 0 Å². The number of hydrogen-bond acceptors (Lipinski definition) is 7. The largest absolute Gasteiger partial charge is 0.498 e. The summed E-state index contributed by atoms with van der Waals surface area (Å²) >= 11 is 0. The molecule has 0 bridgehead atoms. The smallest absolute Gasteiger partial charge is 0.399 e. The van der Waals surface area contributed by atoms with E-state index >= 15 is 0 Å². The minimum absolute atomic E-state index is 0.200. The standard InChI is InChI=1S/C16H27BN4O3/c1-15(2)16(3,4)24-17(23-15)12-9-18-14(19-10-12)20-13-5-6-21(11-13)7-8-22/h9-10,13,22H,5-8,11H2,1-4H3,(H,18,19,20). The van der Waals surface area contributed by atoms with Gasteiger partial charge in [-0.25, -0.2) is 9.97 Å². The second kappa shape index (κ2) is 6.59. The first-order chi connectivity index (χ1) is 11.3. The second-order valence-electron chi connectivity index (χ2n) is 7.58. The predicted octanol–water partition coefficient (Wildman–Crippen LogP) is 0.254. The molecule has 2 aliphatic heterocycles. The van der Waals surface area contributed by atoms with E-state index in [9.17, 15) is 0 Å². The van der Waals surface area contributed by atoms with Crippen molar-refractivity contribution in [2.24, 2.45) is 0 Å². The van der Waals surface area contributed by atoms with E-state index in [-0.39, 0.29) is 17.8 Å². The van der Waals surface area contributed by atoms with E-state index in [0.717, 1.165) is 31.5 Å². The average molecular weight is 334 g/mol. The zero-order chi connectivity index (χ0) is 17.4. The number of aliphatic hydroxyl groups excluding tert-OH is 1. The molecule has 132 valence electrons. The van der Waals surface area contributed by atoms with Crippen molar-refractivity contribution in [3.8, 4) is 0 Å². The molecule has 0 aromatic carbocycles. The fourth-order valence-corrected chi connectivity index (χ4v) is 2.99. The number of nitrogens with one attached hydrogen (secondary N) is 1. The van der Waals surface area contributed by atoms with E-state index < -0.39 is 7.12 Å². The summed E-state index contributed by atoms with van der Waals surface area (Å²) in [6.07, 6.45) is 4.55. The van der Waals surface area contributed by atoms with Crippen molar-refractivity contribution in [2.75, 3.05) is 31.6 Å². The molecule has 7 nitrogen and oxygen atoms in total. The van der Waals surface area contributed by atoms with Crippen LogP contribution in [0.5, 0.6) is 0 Å². The lowest BCUT2D eigenvalue weighted by atomic mass is 9.81. The van der Waals surface area contributed by atoms with Crippen LogP contribution in [0.2, 0.25) is 0 Å². The van der Waals surface area contributed by atoms with Crippen LogP contribution < -0.4 is 10.8 Å². The fourth-order valence-electron chi connectivity index (χ4n) is 2.99. The predicted molar refractivity (Wildman–Crippen MR) is 93.3 cm³/mol. The van der Waals surface area contributed by atoms with Crippen LogP contribution >= 0.6 is 0 Å². The quantitative estimate of drug-likeness (QED) is 0.748. The minimum atomic E-state index is -0.435. The van der Waals surface area contributed by atoms with E-state index in [0.29, 0.717) is 12.0 Å². The number of aliphatic hydroxyl groups is 1. The number of nitrogens with zero attached hydrogens (tertiary/aromatic N) is 3. The van der Waals surface area contributed by atoms with Crippen molar-refractivity contribution in [2.45, 2.75) is 51.4 Å². The van der Waals surface area contributed by atoms with Crippen molar-refractivity contribution in [3.05, 3.63) is 12.4 Å². The van der Waals surface area contributed by atoms with Gasteiger partial charge in [0.2, 0.25) is 5.95 Å². The summed E-state index contributed by atoms with van der Waals surface area (Å²) in [5.74, 6) is 0.617. The molecule has 3 heterocycles. The Balaban J connectivity index is 1.59. The Morgan fingerprint density at radius 2 is 1.88 bits per heavy atom. The molecule has 0 spiro atoms. The highest BCUT2D eigenvalue weighted by atomic mass is 16.7. The molecule has 0 aliphatic carbocycles. The number of anilines is 1. The average Bonchev–Trinajstić information content (AvgIpc) is 3.02. The van der Waals surface area contributed by atoms with Gasteiger partial charge in [-0.05, 0) is 34.1 Å². The third-order valence-corrected chi connectivity index (χ3v) is 5.22. The number of rotatable bonds is 5. The SMILES string of the molecule is CC1(C)OB(c2cnc(NC3CCN(CCO)C3)nc2)OC1(C)C. The highest BCUT2D eigenvalue weighted by Crippen LogP contribution is 2.36. The van der Waals surface area contributed by atoms with Gasteiger partial charge in [0, 0.05) is 43.5 Å². The van der Waals surface area contributed by atoms with Gasteiger partial charge in [0.05, 0.1) is 17.8 Å². The molecule has 0 saturated carbocycles. The lowest BCUT2D eigenvalue weighted by molar-refractivity contribution is 0.00578. The van der Waals surface area contributed by atoms with Crippen LogP contribution in [0.15, 0.2) is 12.4 Å². The summed E-state index contributed by atoms with van der Waals surface area (Å²) in [7, 11) is -0.435. The van der Waals surface area contributed by atoms with Crippen molar-refractivity contribution in [1.29, 1.82) is 0 Å². The van der Waals surface area contributed by atoms with Crippen LogP contribution in [0.3, 0.4) is 0 Å². The molecule has 3 rings (SSSR count).